The van der Waals surface area contributed by atoms with Crippen LogP contribution in [-0.2, 0) is 6.18 Å². The van der Waals surface area contributed by atoms with Crippen molar-refractivity contribution >= 4 is 0 Å². The Bertz CT molecular complexity index is 413. The van der Waals surface area contributed by atoms with E-state index in [2.05, 4.69) is 5.32 Å². The van der Waals surface area contributed by atoms with Crippen molar-refractivity contribution in [3.8, 4) is 5.75 Å². The molecule has 2 rings (SSSR count). The zero-order valence-electron chi connectivity index (χ0n) is 9.56. The van der Waals surface area contributed by atoms with Gasteiger partial charge in [0.25, 0.3) is 0 Å². The molecule has 1 aromatic carbocycles. The van der Waals surface area contributed by atoms with Crippen molar-refractivity contribution in [2.24, 2.45) is 0 Å². The van der Waals surface area contributed by atoms with E-state index in [9.17, 15) is 17.6 Å². The SMILES string of the molecule is Fc1ccc(OC[C@H]2CCCN2)cc1C(F)(F)F. The molecular weight excluding hydrogens is 250 g/mol. The molecule has 0 saturated carbocycles. The average molecular weight is 263 g/mol. The summed E-state index contributed by atoms with van der Waals surface area (Å²) in [5.41, 5.74) is -1.29. The summed E-state index contributed by atoms with van der Waals surface area (Å²) in [6, 6.07) is 2.84. The van der Waals surface area contributed by atoms with E-state index in [1.165, 1.54) is 6.07 Å². The number of benzene rings is 1. The van der Waals surface area contributed by atoms with Crippen LogP contribution in [0.25, 0.3) is 0 Å². The molecule has 2 nitrogen and oxygen atoms in total. The third-order valence-electron chi connectivity index (χ3n) is 2.86. The highest BCUT2D eigenvalue weighted by atomic mass is 19.4. The van der Waals surface area contributed by atoms with E-state index < -0.39 is 17.6 Å². The predicted molar refractivity (Wildman–Crippen MR) is 57.9 cm³/mol. The van der Waals surface area contributed by atoms with E-state index in [-0.39, 0.29) is 11.8 Å². The van der Waals surface area contributed by atoms with Gasteiger partial charge in [-0.2, -0.15) is 13.2 Å². The number of nitrogens with one attached hydrogen (secondary N) is 1. The molecule has 18 heavy (non-hydrogen) atoms. The third-order valence-corrected chi connectivity index (χ3v) is 2.86. The quantitative estimate of drug-likeness (QED) is 0.846. The molecule has 0 aliphatic carbocycles. The minimum absolute atomic E-state index is 0.0393. The molecular formula is C12H13F4NO. The van der Waals surface area contributed by atoms with Gasteiger partial charge in [-0.15, -0.1) is 0 Å². The molecule has 1 aliphatic heterocycles. The summed E-state index contributed by atoms with van der Waals surface area (Å²) < 4.78 is 55.7. The zero-order chi connectivity index (χ0) is 13.2. The molecule has 100 valence electrons. The summed E-state index contributed by atoms with van der Waals surface area (Å²) >= 11 is 0. The Morgan fingerprint density at radius 2 is 2.11 bits per heavy atom. The second kappa shape index (κ2) is 5.14. The Morgan fingerprint density at radius 3 is 2.72 bits per heavy atom. The van der Waals surface area contributed by atoms with Gasteiger partial charge in [0.2, 0.25) is 0 Å². The van der Waals surface area contributed by atoms with Crippen LogP contribution in [0, 0.1) is 5.82 Å². The Morgan fingerprint density at radius 1 is 1.33 bits per heavy atom. The first kappa shape index (κ1) is 13.1. The number of ether oxygens (including phenoxy) is 1. The first-order valence-electron chi connectivity index (χ1n) is 5.70. The Balaban J connectivity index is 2.04. The minimum Gasteiger partial charge on any atom is -0.492 e. The fraction of sp³-hybridized carbons (Fsp3) is 0.500. The molecule has 6 heteroatoms. The topological polar surface area (TPSA) is 21.3 Å². The number of alkyl halides is 3. The van der Waals surface area contributed by atoms with Gasteiger partial charge in [0.05, 0.1) is 5.56 Å². The lowest BCUT2D eigenvalue weighted by molar-refractivity contribution is -0.140. The fourth-order valence-electron chi connectivity index (χ4n) is 1.91. The summed E-state index contributed by atoms with van der Waals surface area (Å²) in [7, 11) is 0. The molecule has 0 radical (unpaired) electrons. The molecule has 0 spiro atoms. The van der Waals surface area contributed by atoms with Crippen LogP contribution in [-0.4, -0.2) is 19.2 Å². The van der Waals surface area contributed by atoms with Gasteiger partial charge in [-0.05, 0) is 37.6 Å². The molecule has 1 fully saturated rings. The maximum absolute atomic E-state index is 13.0. The van der Waals surface area contributed by atoms with Gasteiger partial charge in [-0.25, -0.2) is 4.39 Å². The maximum atomic E-state index is 13.0. The Labute approximate surface area is 102 Å². The standard InChI is InChI=1S/C12H13F4NO/c13-11-4-3-9(6-10(11)12(14,15)16)18-7-8-2-1-5-17-8/h3-4,6,8,17H,1-2,5,7H2/t8-/m1/s1. The molecule has 0 bridgehead atoms. The molecule has 1 aliphatic rings. The number of rotatable bonds is 3. The van der Waals surface area contributed by atoms with Crippen molar-refractivity contribution in [1.82, 2.24) is 5.32 Å². The molecule has 0 amide bonds. The van der Waals surface area contributed by atoms with Gasteiger partial charge in [-0.3, -0.25) is 0 Å². The third kappa shape index (κ3) is 3.13. The van der Waals surface area contributed by atoms with Crippen LogP contribution in [0.4, 0.5) is 17.6 Å². The molecule has 0 aromatic heterocycles. The molecule has 1 saturated heterocycles. The van der Waals surface area contributed by atoms with E-state index in [0.29, 0.717) is 12.7 Å². The van der Waals surface area contributed by atoms with E-state index in [0.717, 1.165) is 25.5 Å². The summed E-state index contributed by atoms with van der Waals surface area (Å²) in [6.07, 6.45) is -2.73. The first-order chi connectivity index (χ1) is 8.47. The molecule has 1 heterocycles. The van der Waals surface area contributed by atoms with Crippen LogP contribution in [0.3, 0.4) is 0 Å². The van der Waals surface area contributed by atoms with Gasteiger partial charge in [0.1, 0.15) is 18.2 Å². The Kier molecular flexibility index (Phi) is 3.75. The van der Waals surface area contributed by atoms with Gasteiger partial charge in [-0.1, -0.05) is 0 Å². The highest BCUT2D eigenvalue weighted by Crippen LogP contribution is 2.33. The van der Waals surface area contributed by atoms with Crippen molar-refractivity contribution in [3.63, 3.8) is 0 Å². The van der Waals surface area contributed by atoms with Gasteiger partial charge >= 0.3 is 6.18 Å². The van der Waals surface area contributed by atoms with Gasteiger partial charge in [0, 0.05) is 6.04 Å². The summed E-state index contributed by atoms with van der Waals surface area (Å²) in [5.74, 6) is -1.24. The average Bonchev–Trinajstić information content (AvgIpc) is 2.79. The molecule has 1 N–H and O–H groups in total. The molecule has 1 aromatic rings. The lowest BCUT2D eigenvalue weighted by Gasteiger charge is -2.14. The van der Waals surface area contributed by atoms with E-state index in [1.807, 2.05) is 0 Å². The van der Waals surface area contributed by atoms with Crippen molar-refractivity contribution in [1.29, 1.82) is 0 Å². The van der Waals surface area contributed by atoms with Crippen LogP contribution in [0.1, 0.15) is 18.4 Å². The number of halogens is 4. The number of hydrogen-bond acceptors (Lipinski definition) is 2. The second-order valence-corrected chi connectivity index (χ2v) is 4.24. The monoisotopic (exact) mass is 263 g/mol. The fourth-order valence-corrected chi connectivity index (χ4v) is 1.91. The molecule has 0 unspecified atom stereocenters. The lowest BCUT2D eigenvalue weighted by Crippen LogP contribution is -2.28. The van der Waals surface area contributed by atoms with Gasteiger partial charge < -0.3 is 10.1 Å². The summed E-state index contributed by atoms with van der Waals surface area (Å²) in [4.78, 5) is 0. The van der Waals surface area contributed by atoms with E-state index in [1.54, 1.807) is 0 Å². The second-order valence-electron chi connectivity index (χ2n) is 4.24. The Hall–Kier alpha value is -1.30. The van der Waals surface area contributed by atoms with Crippen LogP contribution < -0.4 is 10.1 Å². The van der Waals surface area contributed by atoms with Crippen molar-refractivity contribution in [2.75, 3.05) is 13.2 Å². The van der Waals surface area contributed by atoms with Crippen LogP contribution in [0.5, 0.6) is 5.75 Å². The first-order valence-corrected chi connectivity index (χ1v) is 5.70. The minimum atomic E-state index is -4.70. The zero-order valence-corrected chi connectivity index (χ0v) is 9.56. The summed E-state index contributed by atoms with van der Waals surface area (Å²) in [5, 5.41) is 3.16. The number of hydrogen-bond donors (Lipinski definition) is 1. The van der Waals surface area contributed by atoms with Crippen molar-refractivity contribution in [2.45, 2.75) is 25.1 Å². The largest absolute Gasteiger partial charge is 0.492 e. The molecule has 1 atom stereocenters. The smallest absolute Gasteiger partial charge is 0.419 e. The van der Waals surface area contributed by atoms with Crippen molar-refractivity contribution in [3.05, 3.63) is 29.6 Å². The normalized spacial score (nSPS) is 20.1. The van der Waals surface area contributed by atoms with Crippen molar-refractivity contribution < 1.29 is 22.3 Å². The summed E-state index contributed by atoms with van der Waals surface area (Å²) in [6.45, 7) is 1.19. The van der Waals surface area contributed by atoms with Crippen LogP contribution in [0.15, 0.2) is 18.2 Å². The van der Waals surface area contributed by atoms with Crippen LogP contribution >= 0.6 is 0 Å². The van der Waals surface area contributed by atoms with Gasteiger partial charge in [0.15, 0.2) is 0 Å². The maximum Gasteiger partial charge on any atom is 0.419 e. The highest BCUT2D eigenvalue weighted by Gasteiger charge is 2.34. The predicted octanol–water partition coefficient (Wildman–Crippen LogP) is 2.98. The highest BCUT2D eigenvalue weighted by molar-refractivity contribution is 5.31. The lowest BCUT2D eigenvalue weighted by atomic mass is 10.2. The van der Waals surface area contributed by atoms with E-state index >= 15 is 0 Å². The van der Waals surface area contributed by atoms with Crippen LogP contribution in [0.2, 0.25) is 0 Å². The van der Waals surface area contributed by atoms with E-state index in [4.69, 9.17) is 4.74 Å².